The number of fused-ring (bicyclic) bond motifs is 1. The van der Waals surface area contributed by atoms with Crippen LogP contribution in [0.2, 0.25) is 0 Å². The Morgan fingerprint density at radius 3 is 2.93 bits per heavy atom. The molecule has 29 heavy (non-hydrogen) atoms. The van der Waals surface area contributed by atoms with E-state index in [9.17, 15) is 14.8 Å². The summed E-state index contributed by atoms with van der Waals surface area (Å²) in [4.78, 5) is 21.0. The lowest BCUT2D eigenvalue weighted by Gasteiger charge is -2.27. The van der Waals surface area contributed by atoms with Gasteiger partial charge in [0.05, 0.1) is 12.4 Å². The summed E-state index contributed by atoms with van der Waals surface area (Å²) in [5, 5.41) is 29.7. The highest BCUT2D eigenvalue weighted by Gasteiger charge is 2.49. The second kappa shape index (κ2) is 7.39. The predicted molar refractivity (Wildman–Crippen MR) is 106 cm³/mol. The number of amidine groups is 1. The van der Waals surface area contributed by atoms with Gasteiger partial charge in [0.15, 0.2) is 5.70 Å². The summed E-state index contributed by atoms with van der Waals surface area (Å²) in [6.45, 7) is 0.368. The lowest BCUT2D eigenvalue weighted by atomic mass is 9.80. The summed E-state index contributed by atoms with van der Waals surface area (Å²) in [5.41, 5.74) is 7.48. The number of hydrogen-bond acceptors (Lipinski definition) is 8. The van der Waals surface area contributed by atoms with Crippen molar-refractivity contribution in [2.45, 2.75) is 6.54 Å². The van der Waals surface area contributed by atoms with E-state index >= 15 is 0 Å². The quantitative estimate of drug-likeness (QED) is 0.406. The molecular formula is C18H17BN7O3+. The number of aliphatic imine (C=N–C) groups is 1. The topological polar surface area (TPSA) is 147 Å². The van der Waals surface area contributed by atoms with E-state index in [0.717, 1.165) is 5.56 Å². The first-order valence-corrected chi connectivity index (χ1v) is 8.73. The number of nitrogens with two attached hydrogens (primary N) is 1. The number of carbonyl (C=O) groups is 1. The van der Waals surface area contributed by atoms with Crippen LogP contribution in [0, 0.1) is 0 Å². The summed E-state index contributed by atoms with van der Waals surface area (Å²) >= 11 is 0. The first-order valence-electron chi connectivity index (χ1n) is 8.73. The Morgan fingerprint density at radius 2 is 2.14 bits per heavy atom. The summed E-state index contributed by atoms with van der Waals surface area (Å²) in [6, 6.07) is 6.22. The molecule has 0 spiro atoms. The van der Waals surface area contributed by atoms with Crippen molar-refractivity contribution < 1.29 is 19.3 Å². The fourth-order valence-corrected chi connectivity index (χ4v) is 3.14. The molecule has 3 heterocycles. The van der Waals surface area contributed by atoms with E-state index in [-0.39, 0.29) is 11.7 Å². The van der Waals surface area contributed by atoms with Gasteiger partial charge in [-0.2, -0.15) is 10.1 Å². The van der Waals surface area contributed by atoms with Crippen LogP contribution in [-0.2, 0) is 6.54 Å². The standard InChI is InChI=1S/C18H16BN7O3/c20-18(27)26-7-2-1-6-14(26)10-22-17(26)16-24-15(11-23-25-16)21-9-12-4-3-5-13(8-12)19(28)29/h1-8,10-11,28-29H,9H2,(H2-,20,21,24,25,27)/p+1. The van der Waals surface area contributed by atoms with Gasteiger partial charge in [-0.05, 0) is 17.1 Å². The molecule has 0 saturated heterocycles. The van der Waals surface area contributed by atoms with Crippen LogP contribution in [0.4, 0.5) is 10.6 Å². The normalized spacial score (nSPS) is 19.4. The Labute approximate surface area is 166 Å². The number of anilines is 1. The van der Waals surface area contributed by atoms with Crippen molar-refractivity contribution >= 4 is 30.3 Å². The molecule has 1 atom stereocenters. The molecule has 0 saturated carbocycles. The van der Waals surface area contributed by atoms with E-state index in [4.69, 9.17) is 5.73 Å². The van der Waals surface area contributed by atoms with Crippen LogP contribution in [0.15, 0.2) is 71.8 Å². The molecule has 0 bridgehead atoms. The van der Waals surface area contributed by atoms with Crippen molar-refractivity contribution in [2.75, 3.05) is 5.32 Å². The van der Waals surface area contributed by atoms with Crippen molar-refractivity contribution in [3.63, 3.8) is 0 Å². The monoisotopic (exact) mass is 390 g/mol. The van der Waals surface area contributed by atoms with Crippen LogP contribution in [0.3, 0.4) is 0 Å². The minimum atomic E-state index is -1.54. The lowest BCUT2D eigenvalue weighted by Crippen LogP contribution is -2.54. The van der Waals surface area contributed by atoms with Gasteiger partial charge in [0.25, 0.3) is 11.7 Å². The maximum Gasteiger partial charge on any atom is 0.488 e. The Kier molecular flexibility index (Phi) is 4.76. The Bertz CT molecular complexity index is 1100. The average Bonchev–Trinajstić information content (AvgIpc) is 3.14. The zero-order valence-corrected chi connectivity index (χ0v) is 15.2. The number of urea groups is 1. The van der Waals surface area contributed by atoms with Crippen molar-refractivity contribution in [3.8, 4) is 0 Å². The molecule has 0 aliphatic carbocycles. The van der Waals surface area contributed by atoms with Crippen LogP contribution in [0.5, 0.6) is 0 Å². The third kappa shape index (κ3) is 3.33. The van der Waals surface area contributed by atoms with Crippen LogP contribution < -0.4 is 16.5 Å². The fourth-order valence-electron chi connectivity index (χ4n) is 3.14. The molecule has 144 valence electrons. The third-order valence-corrected chi connectivity index (χ3v) is 4.58. The smallest absolute Gasteiger partial charge is 0.423 e. The molecule has 1 unspecified atom stereocenters. The highest BCUT2D eigenvalue weighted by molar-refractivity contribution is 6.58. The maximum absolute atomic E-state index is 12.3. The minimum Gasteiger partial charge on any atom is -0.423 e. The lowest BCUT2D eigenvalue weighted by molar-refractivity contribution is -0.647. The molecule has 2 amide bonds. The first-order chi connectivity index (χ1) is 14.0. The zero-order valence-electron chi connectivity index (χ0n) is 15.2. The Balaban J connectivity index is 1.57. The number of aromatic nitrogens is 3. The summed E-state index contributed by atoms with van der Waals surface area (Å²) < 4.78 is -0.405. The number of carbonyl (C=O) groups excluding carboxylic acids is 1. The van der Waals surface area contributed by atoms with Gasteiger partial charge in [-0.1, -0.05) is 30.3 Å². The van der Waals surface area contributed by atoms with Crippen molar-refractivity contribution in [3.05, 3.63) is 78.2 Å². The third-order valence-electron chi connectivity index (χ3n) is 4.58. The summed E-state index contributed by atoms with van der Waals surface area (Å²) in [5.74, 6) is 0.842. The van der Waals surface area contributed by atoms with Crippen LogP contribution >= 0.6 is 0 Å². The van der Waals surface area contributed by atoms with Gasteiger partial charge in [-0.3, -0.25) is 0 Å². The molecule has 10 nitrogen and oxygen atoms in total. The molecule has 2 aliphatic heterocycles. The highest BCUT2D eigenvalue weighted by Crippen LogP contribution is 2.31. The number of rotatable bonds is 5. The number of allylic oxidation sites excluding steroid dienone is 3. The zero-order chi connectivity index (χ0) is 20.4. The van der Waals surface area contributed by atoms with Crippen molar-refractivity contribution in [1.82, 2.24) is 15.2 Å². The largest absolute Gasteiger partial charge is 0.488 e. The molecule has 0 fully saturated rings. The number of nitrogens with zero attached hydrogens (tertiary/aromatic N) is 5. The molecule has 1 aromatic heterocycles. The van der Waals surface area contributed by atoms with E-state index in [1.807, 2.05) is 6.07 Å². The maximum atomic E-state index is 12.3. The highest BCUT2D eigenvalue weighted by atomic mass is 16.4. The molecule has 1 aromatic carbocycles. The Hall–Kier alpha value is -3.67. The van der Waals surface area contributed by atoms with Gasteiger partial charge in [-0.15, -0.1) is 9.58 Å². The number of amides is 2. The summed E-state index contributed by atoms with van der Waals surface area (Å²) in [7, 11) is -1.54. The van der Waals surface area contributed by atoms with E-state index in [1.54, 1.807) is 48.8 Å². The molecule has 2 aliphatic rings. The van der Waals surface area contributed by atoms with E-state index in [1.165, 1.54) is 6.20 Å². The van der Waals surface area contributed by atoms with Gasteiger partial charge in [-0.25, -0.2) is 9.78 Å². The van der Waals surface area contributed by atoms with Crippen LogP contribution in [0.1, 0.15) is 11.4 Å². The SMILES string of the molecule is NC(=O)[N+]12C=CC=CC1=CN=C2c1nncc(NCc2cccc(B(O)O)c2)n1. The summed E-state index contributed by atoms with van der Waals surface area (Å²) in [6.07, 6.45) is 9.86. The average molecular weight is 390 g/mol. The van der Waals surface area contributed by atoms with Gasteiger partial charge >= 0.3 is 13.1 Å². The molecule has 0 radical (unpaired) electrons. The van der Waals surface area contributed by atoms with Crippen LogP contribution in [0.25, 0.3) is 0 Å². The van der Waals surface area contributed by atoms with Crippen LogP contribution in [-0.4, -0.2) is 48.7 Å². The number of quaternary nitrogens is 1. The predicted octanol–water partition coefficient (Wildman–Crippen LogP) is -0.256. The minimum absolute atomic E-state index is 0.166. The van der Waals surface area contributed by atoms with E-state index < -0.39 is 17.6 Å². The molecule has 4 rings (SSSR count). The van der Waals surface area contributed by atoms with Gasteiger partial charge in [0, 0.05) is 12.6 Å². The first kappa shape index (κ1) is 18.7. The Morgan fingerprint density at radius 1 is 1.28 bits per heavy atom. The molecule has 5 N–H and O–H groups in total. The van der Waals surface area contributed by atoms with E-state index in [2.05, 4.69) is 25.5 Å². The van der Waals surface area contributed by atoms with E-state index in [0.29, 0.717) is 23.5 Å². The van der Waals surface area contributed by atoms with Crippen molar-refractivity contribution in [2.24, 2.45) is 10.7 Å². The fraction of sp³-hybridized carbons (Fsp3) is 0.0556. The van der Waals surface area contributed by atoms with Gasteiger partial charge < -0.3 is 21.1 Å². The number of hydrogen-bond donors (Lipinski definition) is 4. The number of primary amides is 1. The van der Waals surface area contributed by atoms with Gasteiger partial charge in [0.2, 0.25) is 0 Å². The number of nitrogens with one attached hydrogen (secondary N) is 1. The molecular weight excluding hydrogens is 373 g/mol. The van der Waals surface area contributed by atoms with Gasteiger partial charge in [0.1, 0.15) is 12.0 Å². The second-order valence-electron chi connectivity index (χ2n) is 6.41. The molecule has 2 aromatic rings. The number of benzene rings is 1. The second-order valence-corrected chi connectivity index (χ2v) is 6.41. The van der Waals surface area contributed by atoms with Crippen molar-refractivity contribution in [1.29, 1.82) is 0 Å². The molecule has 11 heteroatoms.